The maximum atomic E-state index is 6.21. The third kappa shape index (κ3) is 3.70. The Balaban J connectivity index is 1.88. The van der Waals surface area contributed by atoms with Gasteiger partial charge in [-0.05, 0) is 43.9 Å². The van der Waals surface area contributed by atoms with Gasteiger partial charge in [0, 0.05) is 24.2 Å². The molecule has 1 aliphatic heterocycles. The van der Waals surface area contributed by atoms with Crippen LogP contribution in [0.5, 0.6) is 0 Å². The fourth-order valence-electron chi connectivity index (χ4n) is 2.23. The number of rotatable bonds is 3. The molecule has 0 aliphatic carbocycles. The van der Waals surface area contributed by atoms with E-state index in [2.05, 4.69) is 31.3 Å². The summed E-state index contributed by atoms with van der Waals surface area (Å²) in [7, 11) is 0. The molecule has 0 radical (unpaired) electrons. The number of hydrogen-bond acceptors (Lipinski definition) is 2. The zero-order valence-electron chi connectivity index (χ0n) is 10.5. The van der Waals surface area contributed by atoms with Crippen LogP contribution in [-0.4, -0.2) is 18.8 Å². The van der Waals surface area contributed by atoms with Crippen LogP contribution in [0.15, 0.2) is 18.2 Å². The molecule has 0 aromatic heterocycles. The summed E-state index contributed by atoms with van der Waals surface area (Å²) < 4.78 is 5.53. The van der Waals surface area contributed by atoms with Crippen molar-refractivity contribution in [1.82, 2.24) is 5.32 Å². The van der Waals surface area contributed by atoms with Crippen molar-refractivity contribution in [2.75, 3.05) is 6.61 Å². The van der Waals surface area contributed by atoms with Crippen molar-refractivity contribution in [2.45, 2.75) is 45.4 Å². The van der Waals surface area contributed by atoms with Gasteiger partial charge in [0.05, 0.1) is 6.10 Å². The summed E-state index contributed by atoms with van der Waals surface area (Å²) in [6, 6.07) is 6.78. The Morgan fingerprint density at radius 3 is 3.00 bits per heavy atom. The predicted molar refractivity (Wildman–Crippen MR) is 71.5 cm³/mol. The molecule has 0 saturated carbocycles. The molecular weight excluding hydrogens is 234 g/mol. The lowest BCUT2D eigenvalue weighted by atomic mass is 10.0. The van der Waals surface area contributed by atoms with Crippen LogP contribution in [0.2, 0.25) is 5.02 Å². The molecule has 17 heavy (non-hydrogen) atoms. The van der Waals surface area contributed by atoms with Crippen molar-refractivity contribution in [1.29, 1.82) is 0 Å². The Bertz CT molecular complexity index is 380. The van der Waals surface area contributed by atoms with Gasteiger partial charge in [-0.3, -0.25) is 0 Å². The zero-order chi connectivity index (χ0) is 12.3. The monoisotopic (exact) mass is 253 g/mol. The summed E-state index contributed by atoms with van der Waals surface area (Å²) in [4.78, 5) is 0. The lowest BCUT2D eigenvalue weighted by Crippen LogP contribution is -2.37. The minimum absolute atomic E-state index is 0.370. The van der Waals surface area contributed by atoms with Gasteiger partial charge in [0.15, 0.2) is 0 Å². The number of halogens is 1. The molecule has 2 unspecified atom stereocenters. The molecule has 2 atom stereocenters. The van der Waals surface area contributed by atoms with E-state index in [0.29, 0.717) is 12.1 Å². The van der Waals surface area contributed by atoms with E-state index in [9.17, 15) is 0 Å². The Morgan fingerprint density at radius 1 is 1.47 bits per heavy atom. The van der Waals surface area contributed by atoms with Crippen LogP contribution in [0.4, 0.5) is 0 Å². The Hall–Kier alpha value is -0.570. The Labute approximate surface area is 108 Å². The maximum absolute atomic E-state index is 6.21. The second-order valence-corrected chi connectivity index (χ2v) is 5.29. The summed E-state index contributed by atoms with van der Waals surface area (Å²) in [5.41, 5.74) is 2.38. The third-order valence-electron chi connectivity index (χ3n) is 3.27. The van der Waals surface area contributed by atoms with Gasteiger partial charge in [0.1, 0.15) is 0 Å². The van der Waals surface area contributed by atoms with Crippen LogP contribution in [0.25, 0.3) is 0 Å². The molecule has 1 heterocycles. The topological polar surface area (TPSA) is 21.3 Å². The quantitative estimate of drug-likeness (QED) is 0.893. The van der Waals surface area contributed by atoms with Gasteiger partial charge in [-0.2, -0.15) is 0 Å². The minimum atomic E-state index is 0.370. The van der Waals surface area contributed by atoms with Crippen LogP contribution >= 0.6 is 11.6 Å². The van der Waals surface area contributed by atoms with E-state index in [0.717, 1.165) is 31.0 Å². The SMILES string of the molecule is Cc1ccc(CNC2CCOC(C)C2)c(Cl)c1. The van der Waals surface area contributed by atoms with Crippen molar-refractivity contribution in [3.8, 4) is 0 Å². The number of aryl methyl sites for hydroxylation is 1. The highest BCUT2D eigenvalue weighted by Gasteiger charge is 2.18. The number of benzene rings is 1. The molecule has 2 nitrogen and oxygen atoms in total. The van der Waals surface area contributed by atoms with E-state index in [4.69, 9.17) is 16.3 Å². The maximum Gasteiger partial charge on any atom is 0.0561 e. The summed E-state index contributed by atoms with van der Waals surface area (Å²) in [6.45, 7) is 5.90. The van der Waals surface area contributed by atoms with Crippen molar-refractivity contribution in [2.24, 2.45) is 0 Å². The Kier molecular flexibility index (Phi) is 4.43. The Morgan fingerprint density at radius 2 is 2.29 bits per heavy atom. The van der Waals surface area contributed by atoms with Gasteiger partial charge in [-0.15, -0.1) is 0 Å². The van der Waals surface area contributed by atoms with Crippen molar-refractivity contribution in [3.05, 3.63) is 34.3 Å². The second kappa shape index (κ2) is 5.85. The van der Waals surface area contributed by atoms with Crippen molar-refractivity contribution < 1.29 is 4.74 Å². The highest BCUT2D eigenvalue weighted by molar-refractivity contribution is 6.31. The molecule has 1 saturated heterocycles. The molecule has 94 valence electrons. The van der Waals surface area contributed by atoms with Gasteiger partial charge in [0.25, 0.3) is 0 Å². The molecule has 1 aliphatic rings. The van der Waals surface area contributed by atoms with Gasteiger partial charge < -0.3 is 10.1 Å². The van der Waals surface area contributed by atoms with Crippen molar-refractivity contribution >= 4 is 11.6 Å². The van der Waals surface area contributed by atoms with E-state index in [1.54, 1.807) is 0 Å². The fraction of sp³-hybridized carbons (Fsp3) is 0.571. The summed E-state index contributed by atoms with van der Waals surface area (Å²) in [6.07, 6.45) is 2.55. The third-order valence-corrected chi connectivity index (χ3v) is 3.63. The summed E-state index contributed by atoms with van der Waals surface area (Å²) in [5, 5.41) is 4.42. The van der Waals surface area contributed by atoms with E-state index < -0.39 is 0 Å². The van der Waals surface area contributed by atoms with Crippen LogP contribution in [-0.2, 0) is 11.3 Å². The first-order chi connectivity index (χ1) is 8.15. The van der Waals surface area contributed by atoms with Gasteiger partial charge >= 0.3 is 0 Å². The second-order valence-electron chi connectivity index (χ2n) is 4.88. The van der Waals surface area contributed by atoms with Crippen LogP contribution in [0.1, 0.15) is 30.9 Å². The normalized spacial score (nSPS) is 24.9. The van der Waals surface area contributed by atoms with Gasteiger partial charge in [0.2, 0.25) is 0 Å². The van der Waals surface area contributed by atoms with E-state index in [1.807, 2.05) is 6.07 Å². The highest BCUT2D eigenvalue weighted by atomic mass is 35.5. The summed E-state index contributed by atoms with van der Waals surface area (Å²) in [5.74, 6) is 0. The van der Waals surface area contributed by atoms with Gasteiger partial charge in [-0.1, -0.05) is 23.7 Å². The lowest BCUT2D eigenvalue weighted by Gasteiger charge is -2.28. The predicted octanol–water partition coefficient (Wildman–Crippen LogP) is 3.31. The zero-order valence-corrected chi connectivity index (χ0v) is 11.3. The van der Waals surface area contributed by atoms with Gasteiger partial charge in [-0.25, -0.2) is 0 Å². The van der Waals surface area contributed by atoms with Crippen LogP contribution < -0.4 is 5.32 Å². The first kappa shape index (κ1) is 12.9. The van der Waals surface area contributed by atoms with E-state index in [1.165, 1.54) is 11.1 Å². The lowest BCUT2D eigenvalue weighted by molar-refractivity contribution is 0.0130. The largest absolute Gasteiger partial charge is 0.378 e. The smallest absolute Gasteiger partial charge is 0.0561 e. The van der Waals surface area contributed by atoms with Crippen molar-refractivity contribution in [3.63, 3.8) is 0 Å². The molecule has 1 fully saturated rings. The van der Waals surface area contributed by atoms with Crippen LogP contribution in [0.3, 0.4) is 0 Å². The first-order valence-corrected chi connectivity index (χ1v) is 6.63. The molecule has 0 amide bonds. The average Bonchev–Trinajstić information content (AvgIpc) is 2.28. The fourth-order valence-corrected chi connectivity index (χ4v) is 2.54. The highest BCUT2D eigenvalue weighted by Crippen LogP contribution is 2.19. The minimum Gasteiger partial charge on any atom is -0.378 e. The number of nitrogens with one attached hydrogen (secondary N) is 1. The van der Waals surface area contributed by atoms with E-state index >= 15 is 0 Å². The standard InChI is InChI=1S/C14H20ClNO/c1-10-3-4-12(14(15)7-10)9-16-13-5-6-17-11(2)8-13/h3-4,7,11,13,16H,5-6,8-9H2,1-2H3. The van der Waals surface area contributed by atoms with E-state index in [-0.39, 0.29) is 0 Å². The molecule has 0 spiro atoms. The number of ether oxygens (including phenoxy) is 1. The summed E-state index contributed by atoms with van der Waals surface area (Å²) >= 11 is 6.21. The number of hydrogen-bond donors (Lipinski definition) is 1. The molecule has 2 rings (SSSR count). The molecule has 0 bridgehead atoms. The van der Waals surface area contributed by atoms with Crippen LogP contribution in [0, 0.1) is 6.92 Å². The molecular formula is C14H20ClNO. The molecule has 3 heteroatoms. The molecule has 1 aromatic carbocycles. The molecule has 1 N–H and O–H groups in total. The first-order valence-electron chi connectivity index (χ1n) is 6.25. The molecule has 1 aromatic rings. The average molecular weight is 254 g/mol.